The van der Waals surface area contributed by atoms with E-state index in [1.807, 2.05) is 133 Å². The van der Waals surface area contributed by atoms with Crippen molar-refractivity contribution in [2.45, 2.75) is 0 Å². The minimum atomic E-state index is -0.420. The van der Waals surface area contributed by atoms with Crippen LogP contribution in [0.3, 0.4) is 0 Å². The molecule has 0 unspecified atom stereocenters. The fourth-order valence-corrected chi connectivity index (χ4v) is 8.48. The molecule has 0 radical (unpaired) electrons. The van der Waals surface area contributed by atoms with Crippen LogP contribution >= 0.6 is 0 Å². The van der Waals surface area contributed by atoms with Gasteiger partial charge in [0.05, 0.1) is 6.85 Å². The van der Waals surface area contributed by atoms with Crippen LogP contribution in [0.25, 0.3) is 123 Å². The van der Waals surface area contributed by atoms with E-state index in [0.717, 1.165) is 88.4 Å². The Bertz CT molecular complexity index is 3900. The van der Waals surface area contributed by atoms with Gasteiger partial charge in [-0.25, -0.2) is 15.0 Å². The number of hydrogen-bond acceptors (Lipinski definition) is 5. The minimum Gasteiger partial charge on any atom is -0.456 e. The lowest BCUT2D eigenvalue weighted by Gasteiger charge is -2.10. The number of hydrogen-bond donors (Lipinski definition) is 0. The van der Waals surface area contributed by atoms with E-state index >= 15 is 0 Å². The Morgan fingerprint density at radius 1 is 0.323 bits per heavy atom. The first-order chi connectivity index (χ1) is 32.8. The summed E-state index contributed by atoms with van der Waals surface area (Å²) in [6, 6.07) is 58.6. The average Bonchev–Trinajstić information content (AvgIpc) is 3.97. The maximum absolute atomic E-state index is 8.58. The fraction of sp³-hybridized carbons (Fsp3) is 0. The summed E-state index contributed by atoms with van der Waals surface area (Å²) >= 11 is 0. The smallest absolute Gasteiger partial charge is 0.164 e. The molecule has 0 aliphatic heterocycles. The second kappa shape index (κ2) is 14.7. The summed E-state index contributed by atoms with van der Waals surface area (Å²) in [5.41, 5.74) is 11.8. The van der Waals surface area contributed by atoms with Crippen molar-refractivity contribution in [3.63, 3.8) is 0 Å². The first kappa shape index (κ1) is 30.6. The lowest BCUT2D eigenvalue weighted by Crippen LogP contribution is -2.00. The van der Waals surface area contributed by atoms with Crippen LogP contribution in [0.5, 0.6) is 0 Å². The molecule has 5 heteroatoms. The molecule has 3 aromatic heterocycles. The van der Waals surface area contributed by atoms with Crippen LogP contribution in [0, 0.1) is 0 Å². The van der Waals surface area contributed by atoms with Crippen molar-refractivity contribution in [1.29, 1.82) is 0 Å². The lowest BCUT2D eigenvalue weighted by atomic mass is 9.97. The van der Waals surface area contributed by atoms with E-state index in [0.29, 0.717) is 28.6 Å². The van der Waals surface area contributed by atoms with Crippen molar-refractivity contribution in [2.75, 3.05) is 0 Å². The molecule has 0 saturated carbocycles. The van der Waals surface area contributed by atoms with E-state index in [-0.39, 0.29) is 29.7 Å². The number of benzene rings is 9. The molecular formula is C57H35N3O2. The van der Waals surface area contributed by atoms with E-state index in [2.05, 4.69) is 42.5 Å². The van der Waals surface area contributed by atoms with Gasteiger partial charge in [0.1, 0.15) is 22.3 Å². The Balaban J connectivity index is 0.948. The van der Waals surface area contributed by atoms with Gasteiger partial charge in [-0.2, -0.15) is 0 Å². The van der Waals surface area contributed by atoms with E-state index in [9.17, 15) is 0 Å². The van der Waals surface area contributed by atoms with E-state index in [4.69, 9.17) is 30.6 Å². The molecule has 0 aliphatic carbocycles. The molecule has 0 bridgehead atoms. The van der Waals surface area contributed by atoms with Gasteiger partial charge in [0.2, 0.25) is 0 Å². The minimum absolute atomic E-state index is 0.154. The number of aromatic nitrogens is 3. The number of furan rings is 2. The van der Waals surface area contributed by atoms with Crippen LogP contribution in [-0.4, -0.2) is 15.0 Å². The number of rotatable bonds is 7. The van der Waals surface area contributed by atoms with Crippen LogP contribution in [0.2, 0.25) is 0 Å². The van der Waals surface area contributed by atoms with Crippen molar-refractivity contribution < 1.29 is 15.7 Å². The molecule has 0 aliphatic rings. The van der Waals surface area contributed by atoms with Crippen molar-refractivity contribution >= 4 is 43.9 Å². The number of para-hydroxylation sites is 2. The van der Waals surface area contributed by atoms with Gasteiger partial charge in [-0.15, -0.1) is 0 Å². The quantitative estimate of drug-likeness (QED) is 0.161. The third kappa shape index (κ3) is 6.14. The van der Waals surface area contributed by atoms with Gasteiger partial charge in [0, 0.05) is 49.4 Å². The van der Waals surface area contributed by atoms with Crippen molar-refractivity contribution in [3.05, 3.63) is 212 Å². The van der Waals surface area contributed by atoms with Crippen LogP contribution in [0.4, 0.5) is 0 Å². The highest BCUT2D eigenvalue weighted by atomic mass is 16.3. The van der Waals surface area contributed by atoms with Gasteiger partial charge in [-0.1, -0.05) is 188 Å². The molecule has 0 saturated heterocycles. The molecule has 0 atom stereocenters. The number of nitrogens with zero attached hydrogens (tertiary/aromatic N) is 3. The Hall–Kier alpha value is -8.41. The standard InChI is InChI=1S/C57H35N3O2/c1-4-14-36(15-5-1)41-20-10-21-43(34-41)45-23-12-25-47-46-24-11-22-44(53(46)62-54(45)47)38-28-30-40(31-29-38)56-58-55(39-18-8-3-9-19-39)59-57(60-56)48-26-13-27-51-52(48)49-35-42(32-33-50(49)61-51)37-16-6-2-7-17-37/h1-35H/i1D,4D,5D,14D,15D. The van der Waals surface area contributed by atoms with Gasteiger partial charge in [0.25, 0.3) is 0 Å². The highest BCUT2D eigenvalue weighted by Crippen LogP contribution is 2.42. The normalized spacial score (nSPS) is 12.7. The summed E-state index contributed by atoms with van der Waals surface area (Å²) in [4.78, 5) is 15.3. The zero-order valence-corrected chi connectivity index (χ0v) is 33.0. The van der Waals surface area contributed by atoms with Gasteiger partial charge >= 0.3 is 0 Å². The van der Waals surface area contributed by atoms with Crippen LogP contribution in [0.15, 0.2) is 221 Å². The van der Waals surface area contributed by atoms with Gasteiger partial charge in [-0.3, -0.25) is 0 Å². The predicted octanol–water partition coefficient (Wildman–Crippen LogP) is 15.3. The van der Waals surface area contributed by atoms with Crippen molar-refractivity contribution in [3.8, 4) is 78.7 Å². The Kier molecular flexibility index (Phi) is 7.25. The molecule has 12 rings (SSSR count). The highest BCUT2D eigenvalue weighted by molar-refractivity contribution is 6.14. The summed E-state index contributed by atoms with van der Waals surface area (Å²) in [7, 11) is 0. The van der Waals surface area contributed by atoms with Gasteiger partial charge in [-0.05, 0) is 57.6 Å². The number of fused-ring (bicyclic) bond motifs is 6. The Morgan fingerprint density at radius 3 is 1.58 bits per heavy atom. The first-order valence-corrected chi connectivity index (χ1v) is 20.3. The molecule has 3 heterocycles. The maximum Gasteiger partial charge on any atom is 0.164 e. The molecule has 0 spiro atoms. The largest absolute Gasteiger partial charge is 0.456 e. The lowest BCUT2D eigenvalue weighted by molar-refractivity contribution is 0.669. The molecule has 0 fully saturated rings. The Morgan fingerprint density at radius 2 is 0.855 bits per heavy atom. The molecule has 62 heavy (non-hydrogen) atoms. The molecule has 5 nitrogen and oxygen atoms in total. The second-order valence-electron chi connectivity index (χ2n) is 15.2. The average molecular weight is 799 g/mol. The van der Waals surface area contributed by atoms with Crippen LogP contribution < -0.4 is 0 Å². The van der Waals surface area contributed by atoms with E-state index < -0.39 is 6.04 Å². The third-order valence-corrected chi connectivity index (χ3v) is 11.5. The highest BCUT2D eigenvalue weighted by Gasteiger charge is 2.20. The molecule has 290 valence electrons. The summed E-state index contributed by atoms with van der Waals surface area (Å²) in [5.74, 6) is 1.62. The monoisotopic (exact) mass is 798 g/mol. The topological polar surface area (TPSA) is 65.0 Å². The summed E-state index contributed by atoms with van der Waals surface area (Å²) in [6.45, 7) is 0. The fourth-order valence-electron chi connectivity index (χ4n) is 8.48. The molecule has 9 aromatic carbocycles. The van der Waals surface area contributed by atoms with E-state index in [1.165, 1.54) is 0 Å². The summed E-state index contributed by atoms with van der Waals surface area (Å²) in [6.07, 6.45) is 0. The predicted molar refractivity (Wildman–Crippen MR) is 252 cm³/mol. The van der Waals surface area contributed by atoms with E-state index in [1.54, 1.807) is 6.07 Å². The Labute approximate surface area is 364 Å². The molecule has 12 aromatic rings. The molecular weight excluding hydrogens is 759 g/mol. The van der Waals surface area contributed by atoms with Gasteiger partial charge in [0.15, 0.2) is 17.5 Å². The zero-order chi connectivity index (χ0) is 45.3. The summed E-state index contributed by atoms with van der Waals surface area (Å²) < 4.78 is 54.9. The second-order valence-corrected chi connectivity index (χ2v) is 15.2. The molecule has 0 N–H and O–H groups in total. The zero-order valence-electron chi connectivity index (χ0n) is 38.0. The van der Waals surface area contributed by atoms with Crippen molar-refractivity contribution in [2.24, 2.45) is 0 Å². The SMILES string of the molecule is [2H]c1c([2H])c([2H])c(-c2cccc(-c3cccc4c3oc3c(-c5ccc(-c6nc(-c7ccccc7)nc(-c7cccc8oc9ccc(-c%10ccccc%10)cc9c78)n6)cc5)cccc34)c2)c([2H])c1[2H]. The third-order valence-electron chi connectivity index (χ3n) is 11.5. The summed E-state index contributed by atoms with van der Waals surface area (Å²) in [5, 5.41) is 3.80. The van der Waals surface area contributed by atoms with Crippen LogP contribution in [-0.2, 0) is 0 Å². The van der Waals surface area contributed by atoms with Crippen molar-refractivity contribution in [1.82, 2.24) is 15.0 Å². The molecule has 0 amide bonds. The van der Waals surface area contributed by atoms with Crippen LogP contribution in [0.1, 0.15) is 6.85 Å². The first-order valence-electron chi connectivity index (χ1n) is 22.8. The van der Waals surface area contributed by atoms with Gasteiger partial charge < -0.3 is 8.83 Å². The maximum atomic E-state index is 8.58.